The Balaban J connectivity index is 1.55. The van der Waals surface area contributed by atoms with E-state index >= 15 is 0 Å². The van der Waals surface area contributed by atoms with E-state index in [4.69, 9.17) is 0 Å². The Kier molecular flexibility index (Phi) is 5.16. The van der Waals surface area contributed by atoms with Crippen LogP contribution in [0.25, 0.3) is 0 Å². The smallest absolute Gasteiger partial charge is 0.228 e. The van der Waals surface area contributed by atoms with Crippen LogP contribution in [-0.2, 0) is 11.2 Å². The van der Waals surface area contributed by atoms with E-state index < -0.39 is 0 Å². The van der Waals surface area contributed by atoms with Crippen LogP contribution < -0.4 is 10.2 Å². The largest absolute Gasteiger partial charge is 0.369 e. The molecule has 2 aromatic rings. The number of anilines is 2. The lowest BCUT2D eigenvalue weighted by molar-refractivity contribution is -0.115. The molecule has 1 aliphatic rings. The summed E-state index contributed by atoms with van der Waals surface area (Å²) in [7, 11) is 2.16. The van der Waals surface area contributed by atoms with Crippen LogP contribution in [0.2, 0.25) is 0 Å². The van der Waals surface area contributed by atoms with Gasteiger partial charge in [0.15, 0.2) is 0 Å². The van der Waals surface area contributed by atoms with Crippen molar-refractivity contribution in [2.75, 3.05) is 43.4 Å². The summed E-state index contributed by atoms with van der Waals surface area (Å²) in [6.45, 7) is 6.33. The van der Waals surface area contributed by atoms with E-state index in [2.05, 4.69) is 34.3 Å². The maximum atomic E-state index is 12.2. The zero-order chi connectivity index (χ0) is 16.9. The van der Waals surface area contributed by atoms with Crippen molar-refractivity contribution in [1.29, 1.82) is 0 Å². The Morgan fingerprint density at radius 2 is 1.58 bits per heavy atom. The second-order valence-electron chi connectivity index (χ2n) is 6.55. The van der Waals surface area contributed by atoms with E-state index in [0.29, 0.717) is 6.42 Å². The highest BCUT2D eigenvalue weighted by atomic mass is 16.1. The fourth-order valence-corrected chi connectivity index (χ4v) is 2.92. The van der Waals surface area contributed by atoms with Crippen molar-refractivity contribution in [1.82, 2.24) is 4.90 Å². The molecule has 0 saturated carbocycles. The predicted octanol–water partition coefficient (Wildman–Crippen LogP) is 2.93. The minimum absolute atomic E-state index is 0.0196. The summed E-state index contributed by atoms with van der Waals surface area (Å²) in [6, 6.07) is 16.2. The second-order valence-corrected chi connectivity index (χ2v) is 6.55. The second kappa shape index (κ2) is 7.49. The summed E-state index contributed by atoms with van der Waals surface area (Å²) in [5, 5.41) is 2.98. The molecule has 1 fully saturated rings. The lowest BCUT2D eigenvalue weighted by Gasteiger charge is -2.34. The van der Waals surface area contributed by atoms with Crippen LogP contribution in [0.15, 0.2) is 48.5 Å². The third-order valence-electron chi connectivity index (χ3n) is 4.50. The summed E-state index contributed by atoms with van der Waals surface area (Å²) in [4.78, 5) is 16.9. The van der Waals surface area contributed by atoms with Crippen LogP contribution in [-0.4, -0.2) is 44.0 Å². The van der Waals surface area contributed by atoms with Crippen molar-refractivity contribution >= 4 is 17.3 Å². The standard InChI is InChI=1S/C20H25N3O/c1-16-3-5-17(6-4-16)15-20(24)21-18-7-9-19(10-8-18)23-13-11-22(2)12-14-23/h3-10H,11-15H2,1-2H3,(H,21,24). The van der Waals surface area contributed by atoms with E-state index in [1.165, 1.54) is 11.3 Å². The number of hydrogen-bond acceptors (Lipinski definition) is 3. The van der Waals surface area contributed by atoms with Crippen LogP contribution >= 0.6 is 0 Å². The molecule has 0 unspecified atom stereocenters. The summed E-state index contributed by atoms with van der Waals surface area (Å²) in [6.07, 6.45) is 0.403. The number of carbonyl (C=O) groups excluding carboxylic acids is 1. The van der Waals surface area contributed by atoms with E-state index in [1.54, 1.807) is 0 Å². The van der Waals surface area contributed by atoms with Crippen molar-refractivity contribution in [3.63, 3.8) is 0 Å². The van der Waals surface area contributed by atoms with Crippen LogP contribution in [0.1, 0.15) is 11.1 Å². The molecule has 0 radical (unpaired) electrons. The topological polar surface area (TPSA) is 35.6 Å². The van der Waals surface area contributed by atoms with Crippen molar-refractivity contribution in [3.8, 4) is 0 Å². The minimum Gasteiger partial charge on any atom is -0.369 e. The number of aryl methyl sites for hydroxylation is 1. The first kappa shape index (κ1) is 16.5. The normalized spacial score (nSPS) is 15.3. The number of nitrogens with zero attached hydrogens (tertiary/aromatic N) is 2. The molecule has 126 valence electrons. The van der Waals surface area contributed by atoms with E-state index in [-0.39, 0.29) is 5.91 Å². The van der Waals surface area contributed by atoms with Crippen LogP contribution in [0.4, 0.5) is 11.4 Å². The van der Waals surface area contributed by atoms with Gasteiger partial charge in [-0.15, -0.1) is 0 Å². The maximum Gasteiger partial charge on any atom is 0.228 e. The SMILES string of the molecule is Cc1ccc(CC(=O)Nc2ccc(N3CCN(C)CC3)cc2)cc1. The van der Waals surface area contributed by atoms with Gasteiger partial charge in [0.1, 0.15) is 0 Å². The number of piperazine rings is 1. The molecule has 4 heteroatoms. The van der Waals surface area contributed by atoms with Gasteiger partial charge in [-0.1, -0.05) is 29.8 Å². The average Bonchev–Trinajstić information content (AvgIpc) is 2.58. The Labute approximate surface area is 144 Å². The molecule has 0 spiro atoms. The Morgan fingerprint density at radius 3 is 2.21 bits per heavy atom. The van der Waals surface area contributed by atoms with Gasteiger partial charge >= 0.3 is 0 Å². The summed E-state index contributed by atoms with van der Waals surface area (Å²) >= 11 is 0. The van der Waals surface area contributed by atoms with E-state index in [0.717, 1.165) is 37.4 Å². The molecule has 1 N–H and O–H groups in total. The lowest BCUT2D eigenvalue weighted by Crippen LogP contribution is -2.44. The van der Waals surface area contributed by atoms with Crippen molar-refractivity contribution in [3.05, 3.63) is 59.7 Å². The highest BCUT2D eigenvalue weighted by Crippen LogP contribution is 2.19. The number of nitrogens with one attached hydrogen (secondary N) is 1. The first-order valence-corrected chi connectivity index (χ1v) is 8.49. The van der Waals surface area contributed by atoms with Gasteiger partial charge in [0.2, 0.25) is 5.91 Å². The minimum atomic E-state index is 0.0196. The van der Waals surface area contributed by atoms with Crippen LogP contribution in [0, 0.1) is 6.92 Å². The quantitative estimate of drug-likeness (QED) is 0.940. The molecule has 24 heavy (non-hydrogen) atoms. The Bertz CT molecular complexity index is 671. The van der Waals surface area contributed by atoms with E-state index in [1.807, 2.05) is 43.3 Å². The highest BCUT2D eigenvalue weighted by molar-refractivity contribution is 5.92. The fourth-order valence-electron chi connectivity index (χ4n) is 2.92. The molecule has 0 atom stereocenters. The van der Waals surface area contributed by atoms with Gasteiger partial charge in [-0.05, 0) is 43.8 Å². The highest BCUT2D eigenvalue weighted by Gasteiger charge is 2.14. The molecule has 3 rings (SSSR count). The van der Waals surface area contributed by atoms with Crippen LogP contribution in [0.5, 0.6) is 0 Å². The van der Waals surface area contributed by atoms with Gasteiger partial charge in [-0.3, -0.25) is 4.79 Å². The van der Waals surface area contributed by atoms with Gasteiger partial charge in [0.25, 0.3) is 0 Å². The third-order valence-corrected chi connectivity index (χ3v) is 4.50. The molecule has 1 heterocycles. The van der Waals surface area contributed by atoms with Gasteiger partial charge in [0, 0.05) is 37.6 Å². The number of hydrogen-bond donors (Lipinski definition) is 1. The monoisotopic (exact) mass is 323 g/mol. The van der Waals surface area contributed by atoms with E-state index in [9.17, 15) is 4.79 Å². The molecule has 0 bridgehead atoms. The zero-order valence-electron chi connectivity index (χ0n) is 14.5. The van der Waals surface area contributed by atoms with Crippen molar-refractivity contribution < 1.29 is 4.79 Å². The summed E-state index contributed by atoms with van der Waals surface area (Å²) in [5.74, 6) is 0.0196. The fraction of sp³-hybridized carbons (Fsp3) is 0.350. The molecule has 1 amide bonds. The molecule has 1 aliphatic heterocycles. The number of carbonyl (C=O) groups is 1. The van der Waals surface area contributed by atoms with Gasteiger partial charge in [-0.2, -0.15) is 0 Å². The average molecular weight is 323 g/mol. The van der Waals surface area contributed by atoms with Crippen molar-refractivity contribution in [2.45, 2.75) is 13.3 Å². The van der Waals surface area contributed by atoms with Crippen LogP contribution in [0.3, 0.4) is 0 Å². The summed E-state index contributed by atoms with van der Waals surface area (Å²) in [5.41, 5.74) is 4.32. The number of rotatable bonds is 4. The molecular weight excluding hydrogens is 298 g/mol. The molecule has 1 saturated heterocycles. The lowest BCUT2D eigenvalue weighted by atomic mass is 10.1. The molecule has 4 nitrogen and oxygen atoms in total. The third kappa shape index (κ3) is 4.36. The number of benzene rings is 2. The molecule has 0 aliphatic carbocycles. The maximum absolute atomic E-state index is 12.2. The first-order valence-electron chi connectivity index (χ1n) is 8.49. The molecular formula is C20H25N3O. The van der Waals surface area contributed by atoms with Gasteiger partial charge < -0.3 is 15.1 Å². The Hall–Kier alpha value is -2.33. The first-order chi connectivity index (χ1) is 11.6. The zero-order valence-corrected chi connectivity index (χ0v) is 14.5. The van der Waals surface area contributed by atoms with Crippen molar-refractivity contribution in [2.24, 2.45) is 0 Å². The predicted molar refractivity (Wildman–Crippen MR) is 99.7 cm³/mol. The molecule has 2 aromatic carbocycles. The Morgan fingerprint density at radius 1 is 0.958 bits per heavy atom. The van der Waals surface area contributed by atoms with Gasteiger partial charge in [0.05, 0.1) is 6.42 Å². The van der Waals surface area contributed by atoms with Gasteiger partial charge in [-0.25, -0.2) is 0 Å². The number of likely N-dealkylation sites (N-methyl/N-ethyl adjacent to an activating group) is 1. The summed E-state index contributed by atoms with van der Waals surface area (Å²) < 4.78 is 0. The molecule has 0 aromatic heterocycles. The number of amides is 1.